The van der Waals surface area contributed by atoms with E-state index in [9.17, 15) is 0 Å². The minimum absolute atomic E-state index is 0.555. The number of nitrogens with zero attached hydrogens (tertiary/aromatic N) is 1. The van der Waals surface area contributed by atoms with E-state index in [-0.39, 0.29) is 0 Å². The molecule has 0 heterocycles. The lowest BCUT2D eigenvalue weighted by atomic mass is 10.1. The second-order valence-electron chi connectivity index (χ2n) is 4.21. The van der Waals surface area contributed by atoms with E-state index in [1.165, 1.54) is 0 Å². The van der Waals surface area contributed by atoms with Crippen molar-refractivity contribution in [2.45, 2.75) is 39.7 Å². The summed E-state index contributed by atoms with van der Waals surface area (Å²) in [5.41, 5.74) is 5.55. The number of nitrogens with two attached hydrogens (primary N) is 1. The van der Waals surface area contributed by atoms with Crippen LogP contribution in [0.25, 0.3) is 0 Å². The first-order chi connectivity index (χ1) is 8.26. The van der Waals surface area contributed by atoms with Crippen LogP contribution >= 0.6 is 0 Å². The van der Waals surface area contributed by atoms with E-state index in [4.69, 9.17) is 15.2 Å². The SMILES string of the molecule is CCOCCN(CCOCC)C(C)CCCN. The van der Waals surface area contributed by atoms with Crippen molar-refractivity contribution in [1.82, 2.24) is 4.90 Å². The maximum Gasteiger partial charge on any atom is 0.0593 e. The van der Waals surface area contributed by atoms with E-state index in [1.807, 2.05) is 13.8 Å². The van der Waals surface area contributed by atoms with Gasteiger partial charge in [-0.2, -0.15) is 0 Å². The molecule has 0 aromatic heterocycles. The van der Waals surface area contributed by atoms with Crippen LogP contribution < -0.4 is 5.73 Å². The van der Waals surface area contributed by atoms with Crippen LogP contribution in [0.2, 0.25) is 0 Å². The zero-order valence-electron chi connectivity index (χ0n) is 11.8. The highest BCUT2D eigenvalue weighted by Crippen LogP contribution is 2.06. The summed E-state index contributed by atoms with van der Waals surface area (Å²) in [6.45, 7) is 12.2. The quantitative estimate of drug-likeness (QED) is 0.530. The van der Waals surface area contributed by atoms with E-state index in [0.717, 1.165) is 58.9 Å². The third kappa shape index (κ3) is 9.53. The molecular weight excluding hydrogens is 216 g/mol. The number of rotatable bonds is 12. The molecule has 0 bridgehead atoms. The zero-order valence-corrected chi connectivity index (χ0v) is 11.8. The van der Waals surface area contributed by atoms with Crippen LogP contribution in [0.4, 0.5) is 0 Å². The monoisotopic (exact) mass is 246 g/mol. The van der Waals surface area contributed by atoms with E-state index < -0.39 is 0 Å². The van der Waals surface area contributed by atoms with Gasteiger partial charge in [-0.15, -0.1) is 0 Å². The molecule has 0 spiro atoms. The summed E-state index contributed by atoms with van der Waals surface area (Å²) >= 11 is 0. The molecule has 0 saturated heterocycles. The molecule has 1 atom stereocenters. The normalized spacial score (nSPS) is 13.2. The second-order valence-corrected chi connectivity index (χ2v) is 4.21. The minimum Gasteiger partial charge on any atom is -0.380 e. The molecule has 0 rings (SSSR count). The average molecular weight is 246 g/mol. The van der Waals surface area contributed by atoms with Crippen LogP contribution in [0, 0.1) is 0 Å². The van der Waals surface area contributed by atoms with Crippen molar-refractivity contribution in [1.29, 1.82) is 0 Å². The Kier molecular flexibility index (Phi) is 12.2. The van der Waals surface area contributed by atoms with Gasteiger partial charge in [0.05, 0.1) is 13.2 Å². The van der Waals surface area contributed by atoms with Crippen molar-refractivity contribution >= 4 is 0 Å². The predicted molar refractivity (Wildman–Crippen MR) is 72.3 cm³/mol. The number of ether oxygens (including phenoxy) is 2. The van der Waals surface area contributed by atoms with E-state index in [2.05, 4.69) is 11.8 Å². The molecule has 17 heavy (non-hydrogen) atoms. The fraction of sp³-hybridized carbons (Fsp3) is 1.00. The van der Waals surface area contributed by atoms with Crippen LogP contribution in [0.5, 0.6) is 0 Å². The summed E-state index contributed by atoms with van der Waals surface area (Å²) in [5, 5.41) is 0. The Hall–Kier alpha value is -0.160. The first-order valence-corrected chi connectivity index (χ1v) is 6.85. The summed E-state index contributed by atoms with van der Waals surface area (Å²) in [7, 11) is 0. The van der Waals surface area contributed by atoms with Gasteiger partial charge in [0.1, 0.15) is 0 Å². The molecule has 0 saturated carbocycles. The largest absolute Gasteiger partial charge is 0.380 e. The van der Waals surface area contributed by atoms with Crippen molar-refractivity contribution in [3.05, 3.63) is 0 Å². The van der Waals surface area contributed by atoms with Gasteiger partial charge in [0.2, 0.25) is 0 Å². The highest BCUT2D eigenvalue weighted by Gasteiger charge is 2.12. The van der Waals surface area contributed by atoms with E-state index in [1.54, 1.807) is 0 Å². The summed E-state index contributed by atoms with van der Waals surface area (Å²) in [5.74, 6) is 0. The molecule has 0 aliphatic carbocycles. The lowest BCUT2D eigenvalue weighted by Gasteiger charge is -2.28. The summed E-state index contributed by atoms with van der Waals surface area (Å²) in [6.07, 6.45) is 2.23. The second kappa shape index (κ2) is 12.3. The molecule has 2 N–H and O–H groups in total. The summed E-state index contributed by atoms with van der Waals surface area (Å²) in [4.78, 5) is 2.43. The van der Waals surface area contributed by atoms with Crippen LogP contribution in [0.15, 0.2) is 0 Å². The van der Waals surface area contributed by atoms with Crippen molar-refractivity contribution in [2.75, 3.05) is 46.1 Å². The third-order valence-corrected chi connectivity index (χ3v) is 2.90. The third-order valence-electron chi connectivity index (χ3n) is 2.90. The molecule has 0 aliphatic rings. The van der Waals surface area contributed by atoms with Crippen molar-refractivity contribution in [3.63, 3.8) is 0 Å². The Balaban J connectivity index is 3.89. The minimum atomic E-state index is 0.555. The molecule has 0 fully saturated rings. The van der Waals surface area contributed by atoms with Gasteiger partial charge in [0.15, 0.2) is 0 Å². The van der Waals surface area contributed by atoms with Gasteiger partial charge in [0.25, 0.3) is 0 Å². The summed E-state index contributed by atoms with van der Waals surface area (Å²) < 4.78 is 10.8. The Bertz CT molecular complexity index is 146. The lowest BCUT2D eigenvalue weighted by Crippen LogP contribution is -2.38. The van der Waals surface area contributed by atoms with Crippen LogP contribution in [-0.4, -0.2) is 57.0 Å². The highest BCUT2D eigenvalue weighted by atomic mass is 16.5. The molecule has 0 radical (unpaired) electrons. The van der Waals surface area contributed by atoms with Crippen LogP contribution in [0.3, 0.4) is 0 Å². The molecular formula is C13H30N2O2. The van der Waals surface area contributed by atoms with Crippen molar-refractivity contribution < 1.29 is 9.47 Å². The van der Waals surface area contributed by atoms with Crippen LogP contribution in [-0.2, 0) is 9.47 Å². The molecule has 0 aliphatic heterocycles. The van der Waals surface area contributed by atoms with Gasteiger partial charge in [-0.3, -0.25) is 4.90 Å². The van der Waals surface area contributed by atoms with Gasteiger partial charge < -0.3 is 15.2 Å². The fourth-order valence-corrected chi connectivity index (χ4v) is 1.80. The standard InChI is InChI=1S/C13H30N2O2/c1-4-16-11-9-15(10-12-17-5-2)13(3)7-6-8-14/h13H,4-12,14H2,1-3H3. The van der Waals surface area contributed by atoms with Gasteiger partial charge in [-0.25, -0.2) is 0 Å². The maximum atomic E-state index is 5.55. The van der Waals surface area contributed by atoms with Gasteiger partial charge >= 0.3 is 0 Å². The molecule has 4 nitrogen and oxygen atoms in total. The Labute approximate surface area is 106 Å². The Morgan fingerprint density at radius 2 is 1.59 bits per heavy atom. The van der Waals surface area contributed by atoms with Gasteiger partial charge in [-0.05, 0) is 40.2 Å². The van der Waals surface area contributed by atoms with E-state index in [0.29, 0.717) is 6.04 Å². The first kappa shape index (κ1) is 16.8. The smallest absolute Gasteiger partial charge is 0.0593 e. The van der Waals surface area contributed by atoms with Crippen LogP contribution in [0.1, 0.15) is 33.6 Å². The molecule has 4 heteroatoms. The van der Waals surface area contributed by atoms with Gasteiger partial charge in [0, 0.05) is 32.3 Å². The maximum absolute atomic E-state index is 5.55. The highest BCUT2D eigenvalue weighted by molar-refractivity contribution is 4.67. The number of hydrogen-bond acceptors (Lipinski definition) is 4. The molecule has 0 aromatic carbocycles. The van der Waals surface area contributed by atoms with Gasteiger partial charge in [-0.1, -0.05) is 0 Å². The number of hydrogen-bond donors (Lipinski definition) is 1. The fourth-order valence-electron chi connectivity index (χ4n) is 1.80. The molecule has 104 valence electrons. The molecule has 0 aromatic rings. The lowest BCUT2D eigenvalue weighted by molar-refractivity contribution is 0.0641. The Morgan fingerprint density at radius 1 is 1.06 bits per heavy atom. The Morgan fingerprint density at radius 3 is 2.00 bits per heavy atom. The zero-order chi connectivity index (χ0) is 12.9. The summed E-state index contributed by atoms with van der Waals surface area (Å²) in [6, 6.07) is 0.555. The molecule has 1 unspecified atom stereocenters. The van der Waals surface area contributed by atoms with Crippen molar-refractivity contribution in [2.24, 2.45) is 5.73 Å². The predicted octanol–water partition coefficient (Wildman–Crippen LogP) is 1.49. The van der Waals surface area contributed by atoms with E-state index >= 15 is 0 Å². The first-order valence-electron chi connectivity index (χ1n) is 6.85. The average Bonchev–Trinajstić information content (AvgIpc) is 2.34. The topological polar surface area (TPSA) is 47.7 Å². The van der Waals surface area contributed by atoms with Crippen molar-refractivity contribution in [3.8, 4) is 0 Å². The molecule has 0 amide bonds.